The van der Waals surface area contributed by atoms with E-state index < -0.39 is 24.5 Å². The van der Waals surface area contributed by atoms with E-state index in [9.17, 15) is 14.4 Å². The van der Waals surface area contributed by atoms with Crippen molar-refractivity contribution in [2.45, 2.75) is 31.6 Å². The van der Waals surface area contributed by atoms with E-state index >= 15 is 0 Å². The molecule has 3 amide bonds. The van der Waals surface area contributed by atoms with Gasteiger partial charge in [0.05, 0.1) is 5.75 Å². The SMILES string of the molecule is Cc1ccc(CSCC(=O)OCC(=O)NC(=O)NC2CC2)cc1. The number of urea groups is 1. The molecule has 2 N–H and O–H groups in total. The van der Waals surface area contributed by atoms with Crippen LogP contribution in [0, 0.1) is 6.92 Å². The van der Waals surface area contributed by atoms with Gasteiger partial charge in [-0.05, 0) is 25.3 Å². The Morgan fingerprint density at radius 2 is 1.91 bits per heavy atom. The molecule has 0 atom stereocenters. The number of imide groups is 1. The Morgan fingerprint density at radius 3 is 2.57 bits per heavy atom. The van der Waals surface area contributed by atoms with Gasteiger partial charge in [-0.1, -0.05) is 29.8 Å². The standard InChI is InChI=1S/C16H20N2O4S/c1-11-2-4-12(5-3-11)9-23-10-15(20)22-8-14(19)18-16(21)17-13-6-7-13/h2-5,13H,6-10H2,1H3,(H2,17,18,19,21). The second-order valence-electron chi connectivity index (χ2n) is 5.43. The molecule has 0 unspecified atom stereocenters. The molecule has 1 aromatic rings. The zero-order valence-electron chi connectivity index (χ0n) is 13.0. The van der Waals surface area contributed by atoms with Crippen molar-refractivity contribution in [2.24, 2.45) is 0 Å². The molecule has 23 heavy (non-hydrogen) atoms. The van der Waals surface area contributed by atoms with Crippen molar-refractivity contribution < 1.29 is 19.1 Å². The van der Waals surface area contributed by atoms with Crippen LogP contribution in [0.5, 0.6) is 0 Å². The molecule has 1 aromatic carbocycles. The van der Waals surface area contributed by atoms with Gasteiger partial charge < -0.3 is 10.1 Å². The Labute approximate surface area is 139 Å². The molecule has 124 valence electrons. The van der Waals surface area contributed by atoms with Crippen molar-refractivity contribution in [3.05, 3.63) is 35.4 Å². The highest BCUT2D eigenvalue weighted by atomic mass is 32.2. The van der Waals surface area contributed by atoms with E-state index in [0.717, 1.165) is 18.4 Å². The van der Waals surface area contributed by atoms with E-state index in [-0.39, 0.29) is 11.8 Å². The summed E-state index contributed by atoms with van der Waals surface area (Å²) in [5.74, 6) is -0.235. The Bertz CT molecular complexity index is 570. The number of carbonyl (C=O) groups excluding carboxylic acids is 3. The predicted octanol–water partition coefficient (Wildman–Crippen LogP) is 1.76. The molecular weight excluding hydrogens is 316 g/mol. The topological polar surface area (TPSA) is 84.5 Å². The largest absolute Gasteiger partial charge is 0.455 e. The van der Waals surface area contributed by atoms with Crippen molar-refractivity contribution in [2.75, 3.05) is 12.4 Å². The number of aryl methyl sites for hydroxylation is 1. The van der Waals surface area contributed by atoms with Crippen LogP contribution in [0.4, 0.5) is 4.79 Å². The van der Waals surface area contributed by atoms with E-state index in [4.69, 9.17) is 4.74 Å². The third-order valence-electron chi connectivity index (χ3n) is 3.14. The third-order valence-corrected chi connectivity index (χ3v) is 4.12. The summed E-state index contributed by atoms with van der Waals surface area (Å²) in [7, 11) is 0. The first kappa shape index (κ1) is 17.3. The second-order valence-corrected chi connectivity index (χ2v) is 6.42. The lowest BCUT2D eigenvalue weighted by molar-refractivity contribution is -0.145. The number of nitrogens with one attached hydrogen (secondary N) is 2. The first-order chi connectivity index (χ1) is 11.0. The van der Waals surface area contributed by atoms with Gasteiger partial charge in [0, 0.05) is 11.8 Å². The van der Waals surface area contributed by atoms with Gasteiger partial charge in [-0.25, -0.2) is 4.79 Å². The minimum atomic E-state index is -0.625. The van der Waals surface area contributed by atoms with Gasteiger partial charge in [0.2, 0.25) is 0 Å². The van der Waals surface area contributed by atoms with Crippen LogP contribution in [0.2, 0.25) is 0 Å². The van der Waals surface area contributed by atoms with Crippen LogP contribution < -0.4 is 10.6 Å². The van der Waals surface area contributed by atoms with Crippen molar-refractivity contribution in [3.8, 4) is 0 Å². The van der Waals surface area contributed by atoms with Crippen molar-refractivity contribution >= 4 is 29.7 Å². The average Bonchev–Trinajstić information content (AvgIpc) is 3.31. The molecule has 1 aliphatic rings. The highest BCUT2D eigenvalue weighted by molar-refractivity contribution is 7.99. The molecule has 0 saturated heterocycles. The Morgan fingerprint density at radius 1 is 1.22 bits per heavy atom. The fourth-order valence-electron chi connectivity index (χ4n) is 1.74. The fraction of sp³-hybridized carbons (Fsp3) is 0.438. The lowest BCUT2D eigenvalue weighted by atomic mass is 10.2. The number of esters is 1. The summed E-state index contributed by atoms with van der Waals surface area (Å²) in [6.45, 7) is 1.58. The maximum absolute atomic E-state index is 11.5. The Hall–Kier alpha value is -2.02. The predicted molar refractivity (Wildman–Crippen MR) is 88.0 cm³/mol. The molecule has 0 heterocycles. The van der Waals surface area contributed by atoms with Gasteiger partial charge in [0.25, 0.3) is 5.91 Å². The van der Waals surface area contributed by atoms with Crippen LogP contribution >= 0.6 is 11.8 Å². The van der Waals surface area contributed by atoms with Crippen LogP contribution in [-0.4, -0.2) is 36.3 Å². The minimum absolute atomic E-state index is 0.162. The maximum atomic E-state index is 11.5. The van der Waals surface area contributed by atoms with E-state index in [2.05, 4.69) is 10.6 Å². The Kier molecular flexibility index (Phi) is 6.46. The summed E-state index contributed by atoms with van der Waals surface area (Å²) >= 11 is 1.42. The number of rotatable bonds is 7. The normalized spacial score (nSPS) is 13.3. The summed E-state index contributed by atoms with van der Waals surface area (Å²) < 4.78 is 4.83. The van der Waals surface area contributed by atoms with E-state index in [1.807, 2.05) is 31.2 Å². The van der Waals surface area contributed by atoms with Gasteiger partial charge in [-0.3, -0.25) is 14.9 Å². The minimum Gasteiger partial charge on any atom is -0.455 e. The van der Waals surface area contributed by atoms with Crippen LogP contribution in [-0.2, 0) is 20.1 Å². The molecule has 2 rings (SSSR count). The van der Waals surface area contributed by atoms with Crippen molar-refractivity contribution in [1.82, 2.24) is 10.6 Å². The molecule has 6 nitrogen and oxygen atoms in total. The zero-order valence-corrected chi connectivity index (χ0v) is 13.8. The molecule has 0 aromatic heterocycles. The number of hydrogen-bond acceptors (Lipinski definition) is 5. The van der Waals surface area contributed by atoms with Crippen molar-refractivity contribution in [3.63, 3.8) is 0 Å². The lowest BCUT2D eigenvalue weighted by Crippen LogP contribution is -2.42. The third kappa shape index (κ3) is 7.19. The number of carbonyl (C=O) groups is 3. The highest BCUT2D eigenvalue weighted by Gasteiger charge is 2.24. The number of thioether (sulfide) groups is 1. The van der Waals surface area contributed by atoms with Gasteiger partial charge in [0.1, 0.15) is 0 Å². The van der Waals surface area contributed by atoms with E-state index in [1.54, 1.807) is 0 Å². The van der Waals surface area contributed by atoms with Gasteiger partial charge in [0.15, 0.2) is 6.61 Å². The Balaban J connectivity index is 1.56. The number of ether oxygens (including phenoxy) is 1. The molecule has 7 heteroatoms. The molecule has 1 aliphatic carbocycles. The van der Waals surface area contributed by atoms with Crippen LogP contribution in [0.1, 0.15) is 24.0 Å². The lowest BCUT2D eigenvalue weighted by Gasteiger charge is -2.07. The molecule has 0 spiro atoms. The molecule has 0 radical (unpaired) electrons. The number of benzene rings is 1. The summed E-state index contributed by atoms with van der Waals surface area (Å²) in [6, 6.07) is 7.70. The maximum Gasteiger partial charge on any atom is 0.321 e. The molecule has 0 bridgehead atoms. The molecule has 0 aliphatic heterocycles. The summed E-state index contributed by atoms with van der Waals surface area (Å²) in [4.78, 5) is 34.3. The highest BCUT2D eigenvalue weighted by Crippen LogP contribution is 2.18. The number of hydrogen-bond donors (Lipinski definition) is 2. The average molecular weight is 336 g/mol. The van der Waals surface area contributed by atoms with Crippen LogP contribution in [0.25, 0.3) is 0 Å². The second kappa shape index (κ2) is 8.57. The first-order valence-electron chi connectivity index (χ1n) is 7.42. The smallest absolute Gasteiger partial charge is 0.321 e. The summed E-state index contributed by atoms with van der Waals surface area (Å²) in [6.07, 6.45) is 1.88. The number of amides is 3. The van der Waals surface area contributed by atoms with Gasteiger partial charge >= 0.3 is 12.0 Å². The molecule has 1 saturated carbocycles. The summed E-state index contributed by atoms with van der Waals surface area (Å²) in [5, 5.41) is 4.73. The van der Waals surface area contributed by atoms with Crippen LogP contribution in [0.15, 0.2) is 24.3 Å². The first-order valence-corrected chi connectivity index (χ1v) is 8.57. The zero-order chi connectivity index (χ0) is 16.7. The van der Waals surface area contributed by atoms with Gasteiger partial charge in [-0.15, -0.1) is 11.8 Å². The molecular formula is C16H20N2O4S. The van der Waals surface area contributed by atoms with E-state index in [1.165, 1.54) is 17.3 Å². The monoisotopic (exact) mass is 336 g/mol. The molecule has 1 fully saturated rings. The van der Waals surface area contributed by atoms with Gasteiger partial charge in [-0.2, -0.15) is 0 Å². The summed E-state index contributed by atoms with van der Waals surface area (Å²) in [5.41, 5.74) is 2.32. The van der Waals surface area contributed by atoms with E-state index in [0.29, 0.717) is 5.75 Å². The van der Waals surface area contributed by atoms with Crippen LogP contribution in [0.3, 0.4) is 0 Å². The van der Waals surface area contributed by atoms with Crippen molar-refractivity contribution in [1.29, 1.82) is 0 Å². The quantitative estimate of drug-likeness (QED) is 0.741. The fourth-order valence-corrected chi connectivity index (χ4v) is 2.52.